The average Bonchev–Trinajstić information content (AvgIpc) is 3.27. The summed E-state index contributed by atoms with van der Waals surface area (Å²) < 4.78 is 0. The molecule has 2 aromatic rings. The van der Waals surface area contributed by atoms with E-state index in [1.54, 1.807) is 0 Å². The van der Waals surface area contributed by atoms with Gasteiger partial charge in [-0.3, -0.25) is 9.97 Å². The molecular weight excluding hydrogens is 296 g/mol. The van der Waals surface area contributed by atoms with Crippen LogP contribution in [0.4, 0.5) is 5.69 Å². The lowest BCUT2D eigenvalue weighted by Crippen LogP contribution is -2.37. The van der Waals surface area contributed by atoms with E-state index >= 15 is 0 Å². The highest BCUT2D eigenvalue weighted by atomic mass is 15.2. The highest BCUT2D eigenvalue weighted by Crippen LogP contribution is 2.46. The minimum atomic E-state index is 0.230. The van der Waals surface area contributed by atoms with Crippen molar-refractivity contribution in [1.82, 2.24) is 14.9 Å². The molecule has 0 amide bonds. The zero-order valence-electron chi connectivity index (χ0n) is 14.1. The molecule has 0 unspecified atom stereocenters. The van der Waals surface area contributed by atoms with Crippen LogP contribution >= 0.6 is 0 Å². The number of fused-ring (bicyclic) bond motifs is 2. The van der Waals surface area contributed by atoms with Crippen LogP contribution in [0.3, 0.4) is 0 Å². The molecule has 2 aromatic heterocycles. The summed E-state index contributed by atoms with van der Waals surface area (Å²) in [6.07, 6.45) is 9.91. The number of hydrogen-bond acceptors (Lipinski definition) is 4. The highest BCUT2D eigenvalue weighted by Gasteiger charge is 2.48. The normalized spacial score (nSPS) is 26.2. The summed E-state index contributed by atoms with van der Waals surface area (Å²) in [6, 6.07) is 8.52. The van der Waals surface area contributed by atoms with Crippen LogP contribution in [0.15, 0.2) is 42.9 Å². The van der Waals surface area contributed by atoms with Crippen LogP contribution in [-0.4, -0.2) is 41.0 Å². The Kier molecular flexibility index (Phi) is 3.33. The van der Waals surface area contributed by atoms with Gasteiger partial charge in [0.15, 0.2) is 0 Å². The van der Waals surface area contributed by atoms with Crippen molar-refractivity contribution in [3.05, 3.63) is 54.1 Å². The molecule has 4 heteroatoms. The first kappa shape index (κ1) is 14.4. The third kappa shape index (κ3) is 2.49. The molecule has 0 N–H and O–H groups in total. The summed E-state index contributed by atoms with van der Waals surface area (Å²) >= 11 is 0. The first-order valence-corrected chi connectivity index (χ1v) is 9.14. The Hall–Kier alpha value is -1.94. The Morgan fingerprint density at radius 1 is 1.12 bits per heavy atom. The number of aromatic nitrogens is 2. The van der Waals surface area contributed by atoms with Crippen LogP contribution in [0.25, 0.3) is 0 Å². The van der Waals surface area contributed by atoms with Crippen molar-refractivity contribution in [2.24, 2.45) is 5.92 Å². The van der Waals surface area contributed by atoms with E-state index in [0.717, 1.165) is 19.0 Å². The van der Waals surface area contributed by atoms with E-state index in [1.165, 1.54) is 55.8 Å². The predicted octanol–water partition coefficient (Wildman–Crippen LogP) is 2.85. The molecule has 124 valence electrons. The topological polar surface area (TPSA) is 32.3 Å². The summed E-state index contributed by atoms with van der Waals surface area (Å²) in [5.41, 5.74) is 4.16. The van der Waals surface area contributed by atoms with Gasteiger partial charge in [0.2, 0.25) is 0 Å². The van der Waals surface area contributed by atoms with Gasteiger partial charge >= 0.3 is 0 Å². The minimum absolute atomic E-state index is 0.230. The van der Waals surface area contributed by atoms with Gasteiger partial charge in [-0.2, -0.15) is 0 Å². The van der Waals surface area contributed by atoms with Crippen molar-refractivity contribution in [1.29, 1.82) is 0 Å². The number of pyridine rings is 2. The second-order valence-corrected chi connectivity index (χ2v) is 7.80. The van der Waals surface area contributed by atoms with Gasteiger partial charge in [-0.1, -0.05) is 6.07 Å². The van der Waals surface area contributed by atoms with Crippen molar-refractivity contribution in [3.63, 3.8) is 0 Å². The second-order valence-electron chi connectivity index (χ2n) is 7.80. The molecule has 1 aliphatic carbocycles. The first-order chi connectivity index (χ1) is 11.8. The molecule has 1 atom stereocenters. The van der Waals surface area contributed by atoms with Gasteiger partial charge in [-0.05, 0) is 55.5 Å². The van der Waals surface area contributed by atoms with Crippen LogP contribution in [0.2, 0.25) is 0 Å². The highest BCUT2D eigenvalue weighted by molar-refractivity contribution is 5.60. The Labute approximate surface area is 143 Å². The number of nitrogens with zero attached hydrogens (tertiary/aromatic N) is 4. The maximum Gasteiger partial charge on any atom is 0.0729 e. The third-order valence-electron chi connectivity index (χ3n) is 5.87. The molecule has 0 radical (unpaired) electrons. The second kappa shape index (κ2) is 5.55. The largest absolute Gasteiger partial charge is 0.365 e. The van der Waals surface area contributed by atoms with Crippen LogP contribution < -0.4 is 4.90 Å². The molecule has 2 fully saturated rings. The van der Waals surface area contributed by atoms with Crippen molar-refractivity contribution in [2.45, 2.75) is 31.2 Å². The SMILES string of the molecule is c1cncc(CN2C[C@]3(CCN(CC4CC4)C3)c3ncccc32)c1. The fraction of sp³-hybridized carbons (Fsp3) is 0.500. The Balaban J connectivity index is 1.41. The quantitative estimate of drug-likeness (QED) is 0.867. The third-order valence-corrected chi connectivity index (χ3v) is 5.87. The first-order valence-electron chi connectivity index (χ1n) is 9.14. The summed E-state index contributed by atoms with van der Waals surface area (Å²) in [5.74, 6) is 0.969. The van der Waals surface area contributed by atoms with Crippen molar-refractivity contribution >= 4 is 5.69 Å². The van der Waals surface area contributed by atoms with Crippen molar-refractivity contribution in [2.75, 3.05) is 31.1 Å². The monoisotopic (exact) mass is 320 g/mol. The molecule has 24 heavy (non-hydrogen) atoms. The molecule has 1 saturated carbocycles. The van der Waals surface area contributed by atoms with Crippen LogP contribution in [0, 0.1) is 5.92 Å². The van der Waals surface area contributed by atoms with E-state index < -0.39 is 0 Å². The Bertz CT molecular complexity index is 727. The number of likely N-dealkylation sites (tertiary alicyclic amines) is 1. The van der Waals surface area contributed by atoms with Gasteiger partial charge in [0.05, 0.1) is 11.4 Å². The van der Waals surface area contributed by atoms with Crippen LogP contribution in [-0.2, 0) is 12.0 Å². The van der Waals surface area contributed by atoms with E-state index in [1.807, 2.05) is 24.7 Å². The van der Waals surface area contributed by atoms with Gasteiger partial charge < -0.3 is 9.80 Å². The maximum absolute atomic E-state index is 4.83. The van der Waals surface area contributed by atoms with Gasteiger partial charge in [-0.15, -0.1) is 0 Å². The molecule has 0 bridgehead atoms. The lowest BCUT2D eigenvalue weighted by Gasteiger charge is -2.26. The molecule has 1 saturated heterocycles. The number of hydrogen-bond donors (Lipinski definition) is 0. The summed E-state index contributed by atoms with van der Waals surface area (Å²) in [5, 5.41) is 0. The van der Waals surface area contributed by atoms with Crippen molar-refractivity contribution < 1.29 is 0 Å². The summed E-state index contributed by atoms with van der Waals surface area (Å²) in [4.78, 5) is 14.3. The lowest BCUT2D eigenvalue weighted by atomic mass is 9.85. The molecule has 0 aromatic carbocycles. The van der Waals surface area contributed by atoms with E-state index in [-0.39, 0.29) is 5.41 Å². The zero-order chi connectivity index (χ0) is 16.0. The average molecular weight is 320 g/mol. The standard InChI is InChI=1S/C20H24N4/c1-3-17(11-21-8-1)13-24-15-20(19-18(24)4-2-9-22-19)7-10-23(14-20)12-16-5-6-16/h1-4,8-9,11,16H,5-7,10,12-15H2/t20-/m1/s1. The fourth-order valence-corrected chi connectivity index (χ4v) is 4.54. The van der Waals surface area contributed by atoms with Crippen molar-refractivity contribution in [3.8, 4) is 0 Å². The molecule has 2 aliphatic heterocycles. The maximum atomic E-state index is 4.83. The molecule has 4 nitrogen and oxygen atoms in total. The minimum Gasteiger partial charge on any atom is -0.365 e. The van der Waals surface area contributed by atoms with Gasteiger partial charge in [0.1, 0.15) is 0 Å². The Morgan fingerprint density at radius 2 is 2.04 bits per heavy atom. The zero-order valence-corrected chi connectivity index (χ0v) is 14.1. The van der Waals surface area contributed by atoms with E-state index in [0.29, 0.717) is 0 Å². The number of rotatable bonds is 4. The summed E-state index contributed by atoms with van der Waals surface area (Å²) in [6.45, 7) is 5.73. The Morgan fingerprint density at radius 3 is 2.88 bits per heavy atom. The number of anilines is 1. The molecule has 1 spiro atoms. The van der Waals surface area contributed by atoms with Gasteiger partial charge in [0, 0.05) is 50.2 Å². The van der Waals surface area contributed by atoms with E-state index in [9.17, 15) is 0 Å². The predicted molar refractivity (Wildman–Crippen MR) is 95.0 cm³/mol. The summed E-state index contributed by atoms with van der Waals surface area (Å²) in [7, 11) is 0. The molecule has 5 rings (SSSR count). The van der Waals surface area contributed by atoms with Crippen LogP contribution in [0.5, 0.6) is 0 Å². The van der Waals surface area contributed by atoms with E-state index in [4.69, 9.17) is 4.98 Å². The van der Waals surface area contributed by atoms with Gasteiger partial charge in [-0.25, -0.2) is 0 Å². The lowest BCUT2D eigenvalue weighted by molar-refractivity contribution is 0.300. The molecule has 3 aliphatic rings. The smallest absolute Gasteiger partial charge is 0.0729 e. The molecular formula is C20H24N4. The van der Waals surface area contributed by atoms with E-state index in [2.05, 4.69) is 33.0 Å². The fourth-order valence-electron chi connectivity index (χ4n) is 4.54. The van der Waals surface area contributed by atoms with Crippen LogP contribution in [0.1, 0.15) is 30.5 Å². The van der Waals surface area contributed by atoms with Gasteiger partial charge in [0.25, 0.3) is 0 Å². The molecule has 4 heterocycles.